The zero-order valence-electron chi connectivity index (χ0n) is 16.9. The molecule has 0 bridgehead atoms. The molecule has 2 atom stereocenters. The zero-order valence-corrected chi connectivity index (χ0v) is 16.9. The molecule has 9 nitrogen and oxygen atoms in total. The lowest BCUT2D eigenvalue weighted by Gasteiger charge is -2.17. The van der Waals surface area contributed by atoms with Crippen molar-refractivity contribution in [2.45, 2.75) is 31.6 Å². The molecule has 1 aliphatic heterocycles. The second-order valence-corrected chi connectivity index (χ2v) is 7.72. The maximum absolute atomic E-state index is 14.4. The molecule has 4 heterocycles. The van der Waals surface area contributed by atoms with Crippen molar-refractivity contribution in [3.8, 4) is 22.9 Å². The molecule has 5 rings (SSSR count). The molecule has 2 aliphatic rings. The summed E-state index contributed by atoms with van der Waals surface area (Å²) in [5.74, 6) is -0.849. The van der Waals surface area contributed by atoms with Crippen LogP contribution in [-0.2, 0) is 6.54 Å². The fourth-order valence-electron chi connectivity index (χ4n) is 3.84. The van der Waals surface area contributed by atoms with Gasteiger partial charge in [-0.2, -0.15) is 5.10 Å². The maximum Gasteiger partial charge on any atom is 0.183 e. The van der Waals surface area contributed by atoms with Crippen molar-refractivity contribution < 1.29 is 23.5 Å². The summed E-state index contributed by atoms with van der Waals surface area (Å²) < 4.78 is 35.2. The van der Waals surface area contributed by atoms with Gasteiger partial charge in [-0.15, -0.1) is 0 Å². The summed E-state index contributed by atoms with van der Waals surface area (Å²) in [6.07, 6.45) is 5.24. The number of hydrogen-bond donors (Lipinski definition) is 2. The third-order valence-corrected chi connectivity index (χ3v) is 5.50. The first-order chi connectivity index (χ1) is 15.5. The monoisotopic (exact) mass is 442 g/mol. The van der Waals surface area contributed by atoms with E-state index in [0.717, 1.165) is 12.6 Å². The van der Waals surface area contributed by atoms with Crippen LogP contribution in [0.25, 0.3) is 22.9 Å². The Labute approximate surface area is 181 Å². The van der Waals surface area contributed by atoms with Crippen LogP contribution in [0.15, 0.2) is 52.7 Å². The highest BCUT2D eigenvalue weighted by molar-refractivity contribution is 5.63. The van der Waals surface area contributed by atoms with Gasteiger partial charge in [0.2, 0.25) is 0 Å². The standard InChI is InChI=1S/C21H20F2N6O3/c22-13-4-2-1-3-12(13)9-29-17(15-5-6-32-27-15)7-16(26-29)20-24-8-14(23)21(25-20)28-10-18(30)19(31)11-28/h3-8,18-19,30-31H,1-2,9-11H2/t18-,19+. The molecule has 0 saturated carbocycles. The number of halogens is 2. The summed E-state index contributed by atoms with van der Waals surface area (Å²) >= 11 is 0. The molecule has 2 N–H and O–H groups in total. The first-order valence-electron chi connectivity index (χ1n) is 10.2. The average molecular weight is 442 g/mol. The molecule has 166 valence electrons. The number of nitrogens with zero attached hydrogens (tertiary/aromatic N) is 6. The largest absolute Gasteiger partial charge is 0.389 e. The van der Waals surface area contributed by atoms with Gasteiger partial charge in [0.05, 0.1) is 30.6 Å². The van der Waals surface area contributed by atoms with Gasteiger partial charge in [-0.3, -0.25) is 4.68 Å². The van der Waals surface area contributed by atoms with E-state index >= 15 is 0 Å². The number of rotatable bonds is 5. The summed E-state index contributed by atoms with van der Waals surface area (Å²) in [7, 11) is 0. The van der Waals surface area contributed by atoms with Crippen molar-refractivity contribution in [1.82, 2.24) is 24.9 Å². The molecule has 11 heteroatoms. The Morgan fingerprint density at radius 2 is 1.88 bits per heavy atom. The van der Waals surface area contributed by atoms with E-state index in [1.165, 1.54) is 11.2 Å². The van der Waals surface area contributed by atoms with Crippen LogP contribution in [-0.4, -0.2) is 60.4 Å². The van der Waals surface area contributed by atoms with E-state index in [4.69, 9.17) is 4.52 Å². The number of aliphatic hydroxyl groups excluding tert-OH is 2. The number of hydrogen-bond acceptors (Lipinski definition) is 8. The van der Waals surface area contributed by atoms with Gasteiger partial charge in [0.15, 0.2) is 17.5 Å². The van der Waals surface area contributed by atoms with Gasteiger partial charge in [0.1, 0.15) is 23.5 Å². The first kappa shape index (κ1) is 20.5. The minimum atomic E-state index is -0.988. The highest BCUT2D eigenvalue weighted by atomic mass is 19.1. The highest BCUT2D eigenvalue weighted by Gasteiger charge is 2.32. The molecular weight excluding hydrogens is 422 g/mol. The number of allylic oxidation sites excluding steroid dienone is 4. The predicted octanol–water partition coefficient (Wildman–Crippen LogP) is 2.25. The predicted molar refractivity (Wildman–Crippen MR) is 109 cm³/mol. The third-order valence-electron chi connectivity index (χ3n) is 5.50. The van der Waals surface area contributed by atoms with Crippen molar-refractivity contribution in [3.63, 3.8) is 0 Å². The van der Waals surface area contributed by atoms with E-state index in [1.807, 2.05) is 6.08 Å². The van der Waals surface area contributed by atoms with Crippen LogP contribution in [0.4, 0.5) is 14.6 Å². The molecule has 1 saturated heterocycles. The van der Waals surface area contributed by atoms with Gasteiger partial charge in [-0.25, -0.2) is 18.7 Å². The lowest BCUT2D eigenvalue weighted by Crippen LogP contribution is -2.24. The fourth-order valence-corrected chi connectivity index (χ4v) is 3.84. The first-order valence-corrected chi connectivity index (χ1v) is 10.2. The average Bonchev–Trinajstić information content (AvgIpc) is 3.51. The van der Waals surface area contributed by atoms with Crippen LogP contribution in [0.1, 0.15) is 12.8 Å². The molecule has 1 aliphatic carbocycles. The van der Waals surface area contributed by atoms with Gasteiger partial charge in [0.25, 0.3) is 0 Å². The van der Waals surface area contributed by atoms with Crippen molar-refractivity contribution in [2.75, 3.05) is 18.0 Å². The molecular formula is C21H20F2N6O3. The van der Waals surface area contributed by atoms with Crippen molar-refractivity contribution in [1.29, 1.82) is 0 Å². The molecule has 0 amide bonds. The van der Waals surface area contributed by atoms with Crippen LogP contribution < -0.4 is 4.90 Å². The Morgan fingerprint density at radius 3 is 2.59 bits per heavy atom. The zero-order chi connectivity index (χ0) is 22.2. The lowest BCUT2D eigenvalue weighted by molar-refractivity contribution is 0.0572. The Hall–Kier alpha value is -3.44. The van der Waals surface area contributed by atoms with Crippen LogP contribution >= 0.6 is 0 Å². The summed E-state index contributed by atoms with van der Waals surface area (Å²) in [5, 5.41) is 28.1. The number of aliphatic hydroxyl groups is 2. The second-order valence-electron chi connectivity index (χ2n) is 7.72. The Balaban J connectivity index is 1.52. The number of aromatic nitrogens is 5. The van der Waals surface area contributed by atoms with E-state index in [-0.39, 0.29) is 37.1 Å². The second kappa shape index (κ2) is 8.24. The Kier molecular flexibility index (Phi) is 5.27. The molecule has 3 aromatic heterocycles. The minimum Gasteiger partial charge on any atom is -0.389 e. The van der Waals surface area contributed by atoms with Crippen molar-refractivity contribution >= 4 is 5.82 Å². The molecule has 0 aromatic carbocycles. The summed E-state index contributed by atoms with van der Waals surface area (Å²) in [6.45, 7) is 0.267. The van der Waals surface area contributed by atoms with Crippen molar-refractivity contribution in [3.05, 3.63) is 54.0 Å². The van der Waals surface area contributed by atoms with Gasteiger partial charge in [-0.05, 0) is 25.0 Å². The number of anilines is 1. The molecule has 3 aromatic rings. The highest BCUT2D eigenvalue weighted by Crippen LogP contribution is 2.29. The van der Waals surface area contributed by atoms with Crippen LogP contribution in [0, 0.1) is 5.82 Å². The minimum absolute atomic E-state index is 0.0351. The summed E-state index contributed by atoms with van der Waals surface area (Å²) in [5.41, 5.74) is 1.91. The quantitative estimate of drug-likeness (QED) is 0.619. The van der Waals surface area contributed by atoms with E-state index in [0.29, 0.717) is 29.1 Å². The van der Waals surface area contributed by atoms with Gasteiger partial charge >= 0.3 is 0 Å². The third kappa shape index (κ3) is 3.80. The topological polar surface area (TPSA) is 113 Å². The molecule has 32 heavy (non-hydrogen) atoms. The SMILES string of the molecule is O[C@@H]1CN(c2nc(-c3cc(-c4ccon4)n(CC4=CCCC=C4F)n3)ncc2F)C[C@@H]1O. The van der Waals surface area contributed by atoms with E-state index in [1.54, 1.807) is 22.9 Å². The van der Waals surface area contributed by atoms with E-state index in [2.05, 4.69) is 20.2 Å². The van der Waals surface area contributed by atoms with Crippen LogP contribution in [0.3, 0.4) is 0 Å². The molecule has 1 fully saturated rings. The Morgan fingerprint density at radius 1 is 1.09 bits per heavy atom. The number of β-amino-alcohol motifs (C(OH)–C–C–N with tert-alkyl or cyclic N) is 2. The fraction of sp³-hybridized carbons (Fsp3) is 0.333. The molecule has 0 radical (unpaired) electrons. The van der Waals surface area contributed by atoms with Gasteiger partial charge < -0.3 is 19.6 Å². The Bertz CT molecular complexity index is 1180. The lowest BCUT2D eigenvalue weighted by atomic mass is 10.1. The normalized spacial score (nSPS) is 21.1. The summed E-state index contributed by atoms with van der Waals surface area (Å²) in [6, 6.07) is 3.33. The van der Waals surface area contributed by atoms with Crippen molar-refractivity contribution in [2.24, 2.45) is 0 Å². The smallest absolute Gasteiger partial charge is 0.183 e. The van der Waals surface area contributed by atoms with Crippen LogP contribution in [0.5, 0.6) is 0 Å². The molecule has 0 spiro atoms. The molecule has 0 unspecified atom stereocenters. The van der Waals surface area contributed by atoms with Gasteiger partial charge in [-0.1, -0.05) is 11.2 Å². The maximum atomic E-state index is 14.4. The van der Waals surface area contributed by atoms with Gasteiger partial charge in [0, 0.05) is 24.7 Å². The van der Waals surface area contributed by atoms with Crippen LogP contribution in [0.2, 0.25) is 0 Å². The summed E-state index contributed by atoms with van der Waals surface area (Å²) in [4.78, 5) is 9.80. The van der Waals surface area contributed by atoms with E-state index < -0.39 is 18.0 Å². The van der Waals surface area contributed by atoms with E-state index in [9.17, 15) is 19.0 Å².